The summed E-state index contributed by atoms with van der Waals surface area (Å²) in [5, 5.41) is 6.14. The maximum absolute atomic E-state index is 13.0. The van der Waals surface area contributed by atoms with E-state index in [4.69, 9.17) is 0 Å². The Hall–Kier alpha value is -1.42. The van der Waals surface area contributed by atoms with E-state index in [1.807, 2.05) is 19.9 Å². The first kappa shape index (κ1) is 16.6. The van der Waals surface area contributed by atoms with Gasteiger partial charge in [0, 0.05) is 6.04 Å². The van der Waals surface area contributed by atoms with Crippen LogP contribution in [0, 0.1) is 5.82 Å². The molecule has 4 heteroatoms. The molecule has 112 valence electrons. The van der Waals surface area contributed by atoms with Crippen molar-refractivity contribution < 1.29 is 9.18 Å². The van der Waals surface area contributed by atoms with Crippen molar-refractivity contribution in [1.29, 1.82) is 0 Å². The lowest BCUT2D eigenvalue weighted by atomic mass is 10.1. The summed E-state index contributed by atoms with van der Waals surface area (Å²) in [5.41, 5.74) is 0.935. The molecule has 2 atom stereocenters. The van der Waals surface area contributed by atoms with E-state index in [0.717, 1.165) is 18.4 Å². The minimum absolute atomic E-state index is 0.0187. The molecule has 0 aliphatic carbocycles. The summed E-state index contributed by atoms with van der Waals surface area (Å²) in [6.07, 6.45) is 2.75. The highest BCUT2D eigenvalue weighted by atomic mass is 19.1. The van der Waals surface area contributed by atoms with Gasteiger partial charge in [-0.3, -0.25) is 4.79 Å². The predicted molar refractivity (Wildman–Crippen MR) is 80.1 cm³/mol. The first-order valence-electron chi connectivity index (χ1n) is 7.31. The number of benzene rings is 1. The largest absolute Gasteiger partial charge is 0.352 e. The van der Waals surface area contributed by atoms with Gasteiger partial charge in [-0.2, -0.15) is 0 Å². The van der Waals surface area contributed by atoms with E-state index in [1.54, 1.807) is 6.07 Å². The second kappa shape index (κ2) is 8.69. The molecule has 2 unspecified atom stereocenters. The lowest BCUT2D eigenvalue weighted by Gasteiger charge is -2.18. The predicted octanol–water partition coefficient (Wildman–Crippen LogP) is 2.65. The van der Waals surface area contributed by atoms with Crippen LogP contribution < -0.4 is 10.6 Å². The van der Waals surface area contributed by atoms with Crippen LogP contribution in [0.2, 0.25) is 0 Å². The first-order chi connectivity index (χ1) is 9.52. The third-order valence-electron chi connectivity index (χ3n) is 3.26. The molecule has 0 spiro atoms. The monoisotopic (exact) mass is 280 g/mol. The molecular formula is C16H25FN2O. The van der Waals surface area contributed by atoms with Crippen molar-refractivity contribution in [3.8, 4) is 0 Å². The van der Waals surface area contributed by atoms with E-state index in [0.29, 0.717) is 13.0 Å². The van der Waals surface area contributed by atoms with Crippen LogP contribution in [0.1, 0.15) is 39.2 Å². The van der Waals surface area contributed by atoms with Crippen molar-refractivity contribution >= 4 is 5.91 Å². The number of hydrogen-bond donors (Lipinski definition) is 2. The van der Waals surface area contributed by atoms with Gasteiger partial charge < -0.3 is 10.6 Å². The maximum atomic E-state index is 13.0. The molecule has 0 radical (unpaired) electrons. The fourth-order valence-corrected chi connectivity index (χ4v) is 2.09. The topological polar surface area (TPSA) is 41.1 Å². The highest BCUT2D eigenvalue weighted by Gasteiger charge is 2.13. The summed E-state index contributed by atoms with van der Waals surface area (Å²) >= 11 is 0. The van der Waals surface area contributed by atoms with Crippen molar-refractivity contribution in [2.24, 2.45) is 0 Å². The molecule has 2 N–H and O–H groups in total. The minimum atomic E-state index is -0.233. The molecule has 0 saturated carbocycles. The van der Waals surface area contributed by atoms with E-state index in [9.17, 15) is 9.18 Å². The number of carbonyl (C=O) groups is 1. The molecular weight excluding hydrogens is 255 g/mol. The van der Waals surface area contributed by atoms with Crippen molar-refractivity contribution in [3.05, 3.63) is 35.6 Å². The van der Waals surface area contributed by atoms with E-state index in [-0.39, 0.29) is 23.8 Å². The van der Waals surface area contributed by atoms with Crippen LogP contribution in [0.5, 0.6) is 0 Å². The average molecular weight is 280 g/mol. The highest BCUT2D eigenvalue weighted by molar-refractivity contribution is 5.81. The zero-order valence-electron chi connectivity index (χ0n) is 12.6. The normalized spacial score (nSPS) is 13.8. The van der Waals surface area contributed by atoms with Crippen LogP contribution in [0.15, 0.2) is 24.3 Å². The van der Waals surface area contributed by atoms with E-state index >= 15 is 0 Å². The molecule has 0 bridgehead atoms. The summed E-state index contributed by atoms with van der Waals surface area (Å²) in [5.74, 6) is -0.202. The van der Waals surface area contributed by atoms with Crippen molar-refractivity contribution in [3.63, 3.8) is 0 Å². The molecule has 0 aliphatic rings. The van der Waals surface area contributed by atoms with Crippen LogP contribution in [0.25, 0.3) is 0 Å². The summed E-state index contributed by atoms with van der Waals surface area (Å²) < 4.78 is 13.0. The maximum Gasteiger partial charge on any atom is 0.237 e. The standard InChI is InChI=1S/C16H25FN2O/c1-4-6-12(2)19-16(20)13(3)18-10-9-14-7-5-8-15(17)11-14/h5,7-8,11-13,18H,4,6,9-10H2,1-3H3,(H,19,20). The third kappa shape index (κ3) is 6.15. The van der Waals surface area contributed by atoms with Crippen LogP contribution in [0.4, 0.5) is 4.39 Å². The molecule has 0 aliphatic heterocycles. The van der Waals surface area contributed by atoms with Crippen molar-refractivity contribution in [1.82, 2.24) is 10.6 Å². The lowest BCUT2D eigenvalue weighted by molar-refractivity contribution is -0.123. The van der Waals surface area contributed by atoms with Gasteiger partial charge in [-0.1, -0.05) is 25.5 Å². The van der Waals surface area contributed by atoms with Gasteiger partial charge in [0.05, 0.1) is 6.04 Å². The van der Waals surface area contributed by atoms with Gasteiger partial charge in [-0.25, -0.2) is 4.39 Å². The van der Waals surface area contributed by atoms with Gasteiger partial charge in [0.2, 0.25) is 5.91 Å². The van der Waals surface area contributed by atoms with E-state index in [1.165, 1.54) is 12.1 Å². The molecule has 0 aromatic heterocycles. The second-order valence-corrected chi connectivity index (χ2v) is 5.25. The van der Waals surface area contributed by atoms with Gasteiger partial charge in [0.25, 0.3) is 0 Å². The Morgan fingerprint density at radius 2 is 2.10 bits per heavy atom. The molecule has 0 saturated heterocycles. The van der Waals surface area contributed by atoms with E-state index < -0.39 is 0 Å². The number of nitrogens with one attached hydrogen (secondary N) is 2. The summed E-state index contributed by atoms with van der Waals surface area (Å²) in [6.45, 7) is 6.62. The van der Waals surface area contributed by atoms with Gasteiger partial charge in [-0.15, -0.1) is 0 Å². The number of amides is 1. The molecule has 3 nitrogen and oxygen atoms in total. The zero-order chi connectivity index (χ0) is 15.0. The number of carbonyl (C=O) groups excluding carboxylic acids is 1. The van der Waals surface area contributed by atoms with Gasteiger partial charge in [0.1, 0.15) is 5.82 Å². The number of hydrogen-bond acceptors (Lipinski definition) is 2. The van der Waals surface area contributed by atoms with E-state index in [2.05, 4.69) is 17.6 Å². The molecule has 1 rings (SSSR count). The van der Waals surface area contributed by atoms with Gasteiger partial charge in [-0.05, 0) is 50.9 Å². The van der Waals surface area contributed by atoms with Crippen molar-refractivity contribution in [2.45, 2.75) is 52.1 Å². The Balaban J connectivity index is 2.28. The Morgan fingerprint density at radius 1 is 1.35 bits per heavy atom. The zero-order valence-corrected chi connectivity index (χ0v) is 12.6. The summed E-state index contributed by atoms with van der Waals surface area (Å²) in [7, 11) is 0. The lowest BCUT2D eigenvalue weighted by Crippen LogP contribution is -2.45. The number of rotatable bonds is 8. The Morgan fingerprint density at radius 3 is 2.75 bits per heavy atom. The van der Waals surface area contributed by atoms with Crippen LogP contribution in [-0.2, 0) is 11.2 Å². The fraction of sp³-hybridized carbons (Fsp3) is 0.562. The molecule has 20 heavy (non-hydrogen) atoms. The molecule has 0 heterocycles. The Kier molecular flexibility index (Phi) is 7.23. The van der Waals surface area contributed by atoms with Crippen LogP contribution >= 0.6 is 0 Å². The van der Waals surface area contributed by atoms with Gasteiger partial charge in [0.15, 0.2) is 0 Å². The van der Waals surface area contributed by atoms with Crippen molar-refractivity contribution in [2.75, 3.05) is 6.54 Å². The SMILES string of the molecule is CCCC(C)NC(=O)C(C)NCCc1cccc(F)c1. The molecule has 1 aromatic carbocycles. The van der Waals surface area contributed by atoms with Crippen LogP contribution in [-0.4, -0.2) is 24.5 Å². The Labute approximate surface area is 121 Å². The Bertz CT molecular complexity index is 423. The summed E-state index contributed by atoms with van der Waals surface area (Å²) in [4.78, 5) is 11.9. The fourth-order valence-electron chi connectivity index (χ4n) is 2.09. The quantitative estimate of drug-likeness (QED) is 0.768. The minimum Gasteiger partial charge on any atom is -0.352 e. The molecule has 0 fully saturated rings. The molecule has 1 amide bonds. The summed E-state index contributed by atoms with van der Waals surface area (Å²) in [6, 6.07) is 6.52. The third-order valence-corrected chi connectivity index (χ3v) is 3.26. The van der Waals surface area contributed by atoms with Gasteiger partial charge >= 0.3 is 0 Å². The second-order valence-electron chi connectivity index (χ2n) is 5.25. The smallest absolute Gasteiger partial charge is 0.237 e. The van der Waals surface area contributed by atoms with Crippen LogP contribution in [0.3, 0.4) is 0 Å². The first-order valence-corrected chi connectivity index (χ1v) is 7.31. The molecule has 1 aromatic rings. The number of halogens is 1. The average Bonchev–Trinajstić information content (AvgIpc) is 2.38. The highest BCUT2D eigenvalue weighted by Crippen LogP contribution is 2.03.